The van der Waals surface area contributed by atoms with E-state index in [1.807, 2.05) is 0 Å². The first-order valence-electron chi connectivity index (χ1n) is 4.07. The molecule has 0 spiro atoms. The molecule has 0 aromatic carbocycles. The molecule has 1 aromatic rings. The van der Waals surface area contributed by atoms with Gasteiger partial charge in [0.15, 0.2) is 0 Å². The van der Waals surface area contributed by atoms with E-state index >= 15 is 0 Å². The molecule has 0 saturated carbocycles. The maximum atomic E-state index is 13.0. The molecule has 0 bridgehead atoms. The average molecular weight is 219 g/mol. The molecule has 0 amide bonds. The lowest BCUT2D eigenvalue weighted by Crippen LogP contribution is -2.07. The summed E-state index contributed by atoms with van der Waals surface area (Å²) < 4.78 is 37.5. The molecular weight excluding hydrogens is 211 g/mol. The van der Waals surface area contributed by atoms with Crippen LogP contribution in [0.15, 0.2) is 6.07 Å². The molecule has 15 heavy (non-hydrogen) atoms. The second-order valence-electron chi connectivity index (χ2n) is 2.99. The molecule has 0 unspecified atom stereocenters. The van der Waals surface area contributed by atoms with E-state index in [0.29, 0.717) is 0 Å². The van der Waals surface area contributed by atoms with Crippen molar-refractivity contribution in [3.8, 4) is 0 Å². The number of aromatic nitrogens is 1. The molecule has 0 aliphatic heterocycles. The van der Waals surface area contributed by atoms with Gasteiger partial charge in [0.1, 0.15) is 5.69 Å². The topological polar surface area (TPSA) is 50.2 Å². The Morgan fingerprint density at radius 3 is 2.67 bits per heavy atom. The van der Waals surface area contributed by atoms with Gasteiger partial charge in [-0.25, -0.2) is 13.8 Å². The van der Waals surface area contributed by atoms with Crippen molar-refractivity contribution in [3.05, 3.63) is 28.8 Å². The van der Waals surface area contributed by atoms with Crippen LogP contribution in [0.3, 0.4) is 0 Å². The maximum absolute atomic E-state index is 13.0. The molecule has 0 radical (unpaired) electrons. The highest BCUT2D eigenvalue weighted by molar-refractivity contribution is 5.70. The fourth-order valence-electron chi connectivity index (χ4n) is 1.11. The Labute approximate surface area is 83.6 Å². The number of pyridine rings is 1. The highest BCUT2D eigenvalue weighted by Crippen LogP contribution is 2.21. The number of alkyl halides is 2. The van der Waals surface area contributed by atoms with Crippen molar-refractivity contribution in [2.45, 2.75) is 19.8 Å². The summed E-state index contributed by atoms with van der Waals surface area (Å²) in [7, 11) is 0. The summed E-state index contributed by atoms with van der Waals surface area (Å²) in [5, 5.41) is 8.48. The zero-order valence-corrected chi connectivity index (χ0v) is 7.80. The van der Waals surface area contributed by atoms with Crippen LogP contribution in [0.4, 0.5) is 13.2 Å². The third kappa shape index (κ3) is 2.68. The number of nitrogens with zero attached hydrogens (tertiary/aromatic N) is 1. The van der Waals surface area contributed by atoms with Gasteiger partial charge >= 0.3 is 5.97 Å². The zero-order valence-electron chi connectivity index (χ0n) is 7.80. The largest absolute Gasteiger partial charge is 0.481 e. The van der Waals surface area contributed by atoms with Crippen molar-refractivity contribution in [2.24, 2.45) is 0 Å². The van der Waals surface area contributed by atoms with Crippen LogP contribution in [-0.2, 0) is 11.2 Å². The van der Waals surface area contributed by atoms with Gasteiger partial charge in [0.05, 0.1) is 6.42 Å². The van der Waals surface area contributed by atoms with Crippen molar-refractivity contribution in [3.63, 3.8) is 0 Å². The van der Waals surface area contributed by atoms with E-state index < -0.39 is 30.5 Å². The summed E-state index contributed by atoms with van der Waals surface area (Å²) in [6, 6.07) is 0.914. The van der Waals surface area contributed by atoms with E-state index in [4.69, 9.17) is 5.11 Å². The molecule has 0 atom stereocenters. The lowest BCUT2D eigenvalue weighted by Gasteiger charge is -2.06. The second kappa shape index (κ2) is 4.29. The summed E-state index contributed by atoms with van der Waals surface area (Å²) in [6.07, 6.45) is -3.40. The quantitative estimate of drug-likeness (QED) is 0.792. The van der Waals surface area contributed by atoms with Crippen LogP contribution in [-0.4, -0.2) is 16.1 Å². The number of hydrogen-bond donors (Lipinski definition) is 1. The second-order valence-corrected chi connectivity index (χ2v) is 2.99. The van der Waals surface area contributed by atoms with E-state index in [-0.39, 0.29) is 11.1 Å². The fourth-order valence-corrected chi connectivity index (χ4v) is 1.11. The minimum Gasteiger partial charge on any atom is -0.481 e. The first-order valence-corrected chi connectivity index (χ1v) is 4.07. The Hall–Kier alpha value is -1.59. The monoisotopic (exact) mass is 219 g/mol. The van der Waals surface area contributed by atoms with Crippen LogP contribution >= 0.6 is 0 Å². The van der Waals surface area contributed by atoms with Crippen LogP contribution in [0.1, 0.15) is 23.2 Å². The summed E-state index contributed by atoms with van der Waals surface area (Å²) in [5.74, 6) is -2.26. The SMILES string of the molecule is Cc1c(CC(=O)O)cc(C(F)F)nc1F. The number of hydrogen-bond acceptors (Lipinski definition) is 2. The van der Waals surface area contributed by atoms with Crippen molar-refractivity contribution >= 4 is 5.97 Å². The molecule has 0 aliphatic rings. The van der Waals surface area contributed by atoms with Crippen LogP contribution in [0.5, 0.6) is 0 Å². The van der Waals surface area contributed by atoms with Gasteiger partial charge in [0, 0.05) is 5.56 Å². The third-order valence-electron chi connectivity index (χ3n) is 1.91. The maximum Gasteiger partial charge on any atom is 0.307 e. The lowest BCUT2D eigenvalue weighted by molar-refractivity contribution is -0.136. The van der Waals surface area contributed by atoms with E-state index in [1.165, 1.54) is 6.92 Å². The van der Waals surface area contributed by atoms with Crippen LogP contribution in [0.25, 0.3) is 0 Å². The number of carbonyl (C=O) groups is 1. The molecule has 1 aromatic heterocycles. The third-order valence-corrected chi connectivity index (χ3v) is 1.91. The van der Waals surface area contributed by atoms with E-state index in [2.05, 4.69) is 4.98 Å². The Balaban J connectivity index is 3.18. The standard InChI is InChI=1S/C9H8F3NO2/c1-4-5(3-7(14)15)2-6(8(10)11)13-9(4)12/h2,8H,3H2,1H3,(H,14,15). The first-order chi connectivity index (χ1) is 6.91. The van der Waals surface area contributed by atoms with Gasteiger partial charge in [-0.15, -0.1) is 0 Å². The molecule has 0 fully saturated rings. The molecule has 1 N–H and O–H groups in total. The summed E-state index contributed by atoms with van der Waals surface area (Å²) in [5.41, 5.74) is -0.735. The van der Waals surface area contributed by atoms with Gasteiger partial charge in [-0.2, -0.15) is 4.39 Å². The lowest BCUT2D eigenvalue weighted by atomic mass is 10.1. The van der Waals surface area contributed by atoms with E-state index in [1.54, 1.807) is 0 Å². The van der Waals surface area contributed by atoms with Crippen LogP contribution in [0, 0.1) is 12.9 Å². The number of rotatable bonds is 3. The minimum absolute atomic E-state index is 0.0122. The summed E-state index contributed by atoms with van der Waals surface area (Å²) in [4.78, 5) is 13.4. The smallest absolute Gasteiger partial charge is 0.307 e. The van der Waals surface area contributed by atoms with Gasteiger partial charge < -0.3 is 5.11 Å². The van der Waals surface area contributed by atoms with Gasteiger partial charge in [-0.05, 0) is 18.6 Å². The number of aliphatic carboxylic acids is 1. The molecule has 3 nitrogen and oxygen atoms in total. The molecule has 1 rings (SSSR count). The fraction of sp³-hybridized carbons (Fsp3) is 0.333. The summed E-state index contributed by atoms with van der Waals surface area (Å²) >= 11 is 0. The molecule has 0 saturated heterocycles. The minimum atomic E-state index is -2.91. The van der Waals surface area contributed by atoms with Crippen LogP contribution in [0.2, 0.25) is 0 Å². The van der Waals surface area contributed by atoms with Crippen molar-refractivity contribution in [1.82, 2.24) is 4.98 Å². The molecular formula is C9H8F3NO2. The summed E-state index contributed by atoms with van der Waals surface area (Å²) in [6.45, 7) is 1.30. The number of carboxylic acid groups (broad SMARTS) is 1. The Kier molecular flexibility index (Phi) is 3.28. The Bertz CT molecular complexity index is 393. The van der Waals surface area contributed by atoms with Crippen molar-refractivity contribution in [2.75, 3.05) is 0 Å². The highest BCUT2D eigenvalue weighted by atomic mass is 19.3. The van der Waals surface area contributed by atoms with Gasteiger partial charge in [-0.3, -0.25) is 4.79 Å². The van der Waals surface area contributed by atoms with E-state index in [0.717, 1.165) is 6.07 Å². The van der Waals surface area contributed by atoms with Gasteiger partial charge in [0.25, 0.3) is 6.43 Å². The first kappa shape index (κ1) is 11.5. The molecule has 6 heteroatoms. The predicted molar refractivity (Wildman–Crippen MR) is 45.2 cm³/mol. The zero-order chi connectivity index (χ0) is 11.6. The molecule has 1 heterocycles. The Morgan fingerprint density at radius 1 is 1.60 bits per heavy atom. The molecule has 82 valence electrons. The van der Waals surface area contributed by atoms with Gasteiger partial charge in [0.2, 0.25) is 5.95 Å². The van der Waals surface area contributed by atoms with E-state index in [9.17, 15) is 18.0 Å². The Morgan fingerprint density at radius 2 is 2.20 bits per heavy atom. The van der Waals surface area contributed by atoms with Crippen molar-refractivity contribution < 1.29 is 23.1 Å². The highest BCUT2D eigenvalue weighted by Gasteiger charge is 2.16. The molecule has 0 aliphatic carbocycles. The van der Waals surface area contributed by atoms with Gasteiger partial charge in [-0.1, -0.05) is 0 Å². The normalized spacial score (nSPS) is 10.7. The number of halogens is 3. The number of carboxylic acids is 1. The van der Waals surface area contributed by atoms with Crippen molar-refractivity contribution in [1.29, 1.82) is 0 Å². The average Bonchev–Trinajstić information content (AvgIpc) is 2.11. The predicted octanol–water partition coefficient (Wildman–Crippen LogP) is 2.09. The van der Waals surface area contributed by atoms with Crippen LogP contribution < -0.4 is 0 Å².